The third kappa shape index (κ3) is 2.65. The van der Waals surface area contributed by atoms with Gasteiger partial charge in [0.15, 0.2) is 0 Å². The number of hydrogen-bond acceptors (Lipinski definition) is 3. The minimum absolute atomic E-state index is 0.386. The maximum atomic E-state index is 13.4. The lowest BCUT2D eigenvalue weighted by Crippen LogP contribution is -2.45. The zero-order valence-corrected chi connectivity index (χ0v) is 8.74. The van der Waals surface area contributed by atoms with Gasteiger partial charge in [0.05, 0.1) is 6.20 Å². The van der Waals surface area contributed by atoms with Crippen molar-refractivity contribution in [2.45, 2.75) is 25.6 Å². The van der Waals surface area contributed by atoms with Crippen LogP contribution in [-0.4, -0.2) is 30.3 Å². The fourth-order valence-electron chi connectivity index (χ4n) is 1.61. The average molecular weight is 210 g/mol. The second-order valence-electron chi connectivity index (χ2n) is 3.80. The van der Waals surface area contributed by atoms with E-state index >= 15 is 0 Å². The van der Waals surface area contributed by atoms with Crippen LogP contribution in [-0.2, 0) is 0 Å². The summed E-state index contributed by atoms with van der Waals surface area (Å²) in [5, 5.41) is 3.11. The van der Waals surface area contributed by atoms with Crippen molar-refractivity contribution in [3.05, 3.63) is 24.0 Å². The van der Waals surface area contributed by atoms with E-state index in [2.05, 4.69) is 10.3 Å². The van der Waals surface area contributed by atoms with Gasteiger partial charge in [-0.25, -0.2) is 4.39 Å². The molecule has 0 amide bonds. The molecule has 82 valence electrons. The Morgan fingerprint density at radius 3 is 3.07 bits per heavy atom. The summed E-state index contributed by atoms with van der Waals surface area (Å²) in [7, 11) is 0. The highest BCUT2D eigenvalue weighted by atomic mass is 19.1. The quantitative estimate of drug-likeness (QED) is 0.802. The number of hydrogen-bond donors (Lipinski definition) is 1. The predicted octanol–water partition coefficient (Wildman–Crippen LogP) is 1.47. The van der Waals surface area contributed by atoms with E-state index in [-0.39, 0.29) is 6.10 Å². The van der Waals surface area contributed by atoms with Gasteiger partial charge in [0.1, 0.15) is 18.0 Å². The summed E-state index contributed by atoms with van der Waals surface area (Å²) in [6.07, 6.45) is 0.886. The number of rotatable bonds is 2. The molecular weight excluding hydrogens is 195 g/mol. The molecule has 2 atom stereocenters. The van der Waals surface area contributed by atoms with Gasteiger partial charge in [-0.2, -0.15) is 0 Å². The van der Waals surface area contributed by atoms with Gasteiger partial charge >= 0.3 is 0 Å². The van der Waals surface area contributed by atoms with E-state index in [1.807, 2.05) is 19.1 Å². The van der Waals surface area contributed by atoms with Gasteiger partial charge in [0.2, 0.25) is 0 Å². The van der Waals surface area contributed by atoms with Crippen molar-refractivity contribution in [3.8, 4) is 5.75 Å². The minimum Gasteiger partial charge on any atom is -0.484 e. The van der Waals surface area contributed by atoms with E-state index in [1.54, 1.807) is 6.20 Å². The molecule has 1 saturated heterocycles. The zero-order chi connectivity index (χ0) is 10.7. The summed E-state index contributed by atoms with van der Waals surface area (Å²) in [4.78, 5) is 4.10. The van der Waals surface area contributed by atoms with Crippen molar-refractivity contribution in [2.24, 2.45) is 0 Å². The standard InChI is InChI=1S/C11H15FN2O/c1-8-2-3-9(6-14-8)15-11-7-13-5-4-10(11)12/h2-3,6,10-11,13H,4-5,7H2,1H3/t10-,11-/m1/s1. The lowest BCUT2D eigenvalue weighted by Gasteiger charge is -2.27. The summed E-state index contributed by atoms with van der Waals surface area (Å²) in [6, 6.07) is 3.68. The van der Waals surface area contributed by atoms with Crippen molar-refractivity contribution in [1.82, 2.24) is 10.3 Å². The van der Waals surface area contributed by atoms with Crippen molar-refractivity contribution >= 4 is 0 Å². The first-order valence-electron chi connectivity index (χ1n) is 5.20. The minimum atomic E-state index is -0.882. The van der Waals surface area contributed by atoms with Crippen molar-refractivity contribution in [1.29, 1.82) is 0 Å². The number of ether oxygens (including phenoxy) is 1. The summed E-state index contributed by atoms with van der Waals surface area (Å²) in [5.41, 5.74) is 0.931. The molecule has 1 fully saturated rings. The molecule has 1 aliphatic heterocycles. The molecule has 15 heavy (non-hydrogen) atoms. The van der Waals surface area contributed by atoms with Crippen LogP contribution < -0.4 is 10.1 Å². The summed E-state index contributed by atoms with van der Waals surface area (Å²) >= 11 is 0. The number of aryl methyl sites for hydroxylation is 1. The highest BCUT2D eigenvalue weighted by Gasteiger charge is 2.26. The first-order valence-corrected chi connectivity index (χ1v) is 5.20. The Bertz CT molecular complexity index is 315. The molecule has 0 saturated carbocycles. The number of nitrogens with zero attached hydrogens (tertiary/aromatic N) is 1. The monoisotopic (exact) mass is 210 g/mol. The van der Waals surface area contributed by atoms with E-state index in [0.29, 0.717) is 18.7 Å². The molecule has 1 aromatic rings. The SMILES string of the molecule is Cc1ccc(O[C@@H]2CNCC[C@H]2F)cn1. The molecule has 0 bridgehead atoms. The highest BCUT2D eigenvalue weighted by molar-refractivity contribution is 5.19. The van der Waals surface area contributed by atoms with Crippen molar-refractivity contribution in [3.63, 3.8) is 0 Å². The molecular formula is C11H15FN2O. The second-order valence-corrected chi connectivity index (χ2v) is 3.80. The highest BCUT2D eigenvalue weighted by Crippen LogP contribution is 2.17. The van der Waals surface area contributed by atoms with Crippen LogP contribution in [0.4, 0.5) is 4.39 Å². The van der Waals surface area contributed by atoms with Gasteiger partial charge in [0.25, 0.3) is 0 Å². The molecule has 3 nitrogen and oxygen atoms in total. The molecule has 0 spiro atoms. The Balaban J connectivity index is 1.98. The van der Waals surface area contributed by atoms with E-state index in [4.69, 9.17) is 4.74 Å². The molecule has 1 aliphatic rings. The maximum Gasteiger partial charge on any atom is 0.142 e. The molecule has 2 rings (SSSR count). The normalized spacial score (nSPS) is 26.3. The van der Waals surface area contributed by atoms with Crippen LogP contribution in [0.3, 0.4) is 0 Å². The Labute approximate surface area is 88.7 Å². The number of nitrogens with one attached hydrogen (secondary N) is 1. The molecule has 4 heteroatoms. The smallest absolute Gasteiger partial charge is 0.142 e. The van der Waals surface area contributed by atoms with Gasteiger partial charge in [-0.1, -0.05) is 0 Å². The first-order chi connectivity index (χ1) is 7.25. The molecule has 2 heterocycles. The van der Waals surface area contributed by atoms with Crippen LogP contribution in [0, 0.1) is 6.92 Å². The molecule has 1 N–H and O–H groups in total. The second kappa shape index (κ2) is 4.57. The van der Waals surface area contributed by atoms with Gasteiger partial charge < -0.3 is 10.1 Å². The summed E-state index contributed by atoms with van der Waals surface area (Å²) in [5.74, 6) is 0.636. The topological polar surface area (TPSA) is 34.1 Å². The predicted molar refractivity (Wildman–Crippen MR) is 55.8 cm³/mol. The van der Waals surface area contributed by atoms with E-state index in [9.17, 15) is 4.39 Å². The molecule has 0 radical (unpaired) electrons. The fourth-order valence-corrected chi connectivity index (χ4v) is 1.61. The number of aromatic nitrogens is 1. The zero-order valence-electron chi connectivity index (χ0n) is 8.74. The van der Waals surface area contributed by atoms with Crippen LogP contribution in [0.25, 0.3) is 0 Å². The van der Waals surface area contributed by atoms with Crippen LogP contribution in [0.15, 0.2) is 18.3 Å². The third-order valence-electron chi connectivity index (χ3n) is 2.52. The molecule has 0 aromatic carbocycles. The summed E-state index contributed by atoms with van der Waals surface area (Å²) in [6.45, 7) is 3.20. The van der Waals surface area contributed by atoms with Gasteiger partial charge in [-0.05, 0) is 32.0 Å². The number of alkyl halides is 1. The van der Waals surface area contributed by atoms with Crippen molar-refractivity contribution in [2.75, 3.05) is 13.1 Å². The van der Waals surface area contributed by atoms with E-state index < -0.39 is 6.17 Å². The van der Waals surface area contributed by atoms with Crippen LogP contribution in [0.2, 0.25) is 0 Å². The Morgan fingerprint density at radius 1 is 1.53 bits per heavy atom. The average Bonchev–Trinajstić information content (AvgIpc) is 2.25. The number of pyridine rings is 1. The van der Waals surface area contributed by atoms with Crippen LogP contribution in [0.1, 0.15) is 12.1 Å². The lowest BCUT2D eigenvalue weighted by atomic mass is 10.1. The van der Waals surface area contributed by atoms with Crippen LogP contribution in [0.5, 0.6) is 5.75 Å². The Morgan fingerprint density at radius 2 is 2.40 bits per heavy atom. The first kappa shape index (κ1) is 10.4. The lowest BCUT2D eigenvalue weighted by molar-refractivity contribution is 0.0742. The third-order valence-corrected chi connectivity index (χ3v) is 2.52. The Kier molecular flexibility index (Phi) is 3.16. The largest absolute Gasteiger partial charge is 0.484 e. The number of halogens is 1. The Hall–Kier alpha value is -1.16. The molecule has 1 aromatic heterocycles. The van der Waals surface area contributed by atoms with E-state index in [1.165, 1.54) is 0 Å². The van der Waals surface area contributed by atoms with Gasteiger partial charge in [-0.3, -0.25) is 4.98 Å². The van der Waals surface area contributed by atoms with Gasteiger partial charge in [0, 0.05) is 12.2 Å². The van der Waals surface area contributed by atoms with Gasteiger partial charge in [-0.15, -0.1) is 0 Å². The van der Waals surface area contributed by atoms with E-state index in [0.717, 1.165) is 12.2 Å². The summed E-state index contributed by atoms with van der Waals surface area (Å²) < 4.78 is 19.0. The molecule has 0 aliphatic carbocycles. The maximum absolute atomic E-state index is 13.4. The molecule has 0 unspecified atom stereocenters. The fraction of sp³-hybridized carbons (Fsp3) is 0.545. The van der Waals surface area contributed by atoms with Crippen LogP contribution >= 0.6 is 0 Å². The van der Waals surface area contributed by atoms with Crippen molar-refractivity contribution < 1.29 is 9.13 Å². The number of piperidine rings is 1.